The zero-order valence-electron chi connectivity index (χ0n) is 13.6. The molecule has 0 N–H and O–H groups in total. The Kier molecular flexibility index (Phi) is 4.21. The van der Waals surface area contributed by atoms with E-state index in [1.165, 1.54) is 12.8 Å². The monoisotopic (exact) mass is 341 g/mol. The van der Waals surface area contributed by atoms with Crippen LogP contribution in [0.15, 0.2) is 53.4 Å². The average molecular weight is 341 g/mol. The molecule has 4 rings (SSSR count). The highest BCUT2D eigenvalue weighted by Gasteiger charge is 2.33. The number of rotatable bonds is 6. The summed E-state index contributed by atoms with van der Waals surface area (Å²) in [5.74, 6) is -0.130. The van der Waals surface area contributed by atoms with Gasteiger partial charge in [0.25, 0.3) is 0 Å². The molecular weight excluding hydrogens is 321 g/mol. The van der Waals surface area contributed by atoms with Crippen molar-refractivity contribution in [2.24, 2.45) is 0 Å². The number of nitrogens with zero attached hydrogens (tertiary/aromatic N) is 3. The third kappa shape index (κ3) is 3.14. The van der Waals surface area contributed by atoms with Crippen LogP contribution < -0.4 is 0 Å². The molecule has 2 aromatic heterocycles. The summed E-state index contributed by atoms with van der Waals surface area (Å²) in [5.41, 5.74) is 2.90. The molecule has 1 aliphatic carbocycles. The van der Waals surface area contributed by atoms with Gasteiger partial charge in [0.05, 0.1) is 12.4 Å². The van der Waals surface area contributed by atoms with Gasteiger partial charge < -0.3 is 0 Å². The van der Waals surface area contributed by atoms with Crippen molar-refractivity contribution in [2.75, 3.05) is 0 Å². The molecule has 0 spiro atoms. The molecule has 5 heteroatoms. The molecule has 24 heavy (non-hydrogen) atoms. The first-order chi connectivity index (χ1) is 11.7. The Morgan fingerprint density at radius 3 is 2.83 bits per heavy atom. The lowest BCUT2D eigenvalue weighted by Gasteiger charge is -2.29. The van der Waals surface area contributed by atoms with Gasteiger partial charge in [0.1, 0.15) is 5.82 Å². The molecule has 0 bridgehead atoms. The Hall–Kier alpha value is -1.98. The van der Waals surface area contributed by atoms with Crippen molar-refractivity contribution >= 4 is 11.3 Å². The average Bonchev–Trinajstić information content (AvgIpc) is 3.10. The molecule has 0 saturated heterocycles. The van der Waals surface area contributed by atoms with Gasteiger partial charge in [-0.05, 0) is 43.3 Å². The summed E-state index contributed by atoms with van der Waals surface area (Å²) in [6.07, 6.45) is 4.37. The summed E-state index contributed by atoms with van der Waals surface area (Å²) in [4.78, 5) is 2.35. The van der Waals surface area contributed by atoms with Gasteiger partial charge in [-0.25, -0.2) is 4.39 Å². The summed E-state index contributed by atoms with van der Waals surface area (Å²) < 4.78 is 16.1. The summed E-state index contributed by atoms with van der Waals surface area (Å²) in [6, 6.07) is 11.8. The fourth-order valence-electron chi connectivity index (χ4n) is 3.12. The van der Waals surface area contributed by atoms with Crippen molar-refractivity contribution in [3.63, 3.8) is 0 Å². The van der Waals surface area contributed by atoms with Gasteiger partial charge in [0.2, 0.25) is 0 Å². The van der Waals surface area contributed by atoms with Gasteiger partial charge >= 0.3 is 0 Å². The molecule has 124 valence electrons. The maximum Gasteiger partial charge on any atom is 0.127 e. The summed E-state index contributed by atoms with van der Waals surface area (Å²) in [5, 5.41) is 8.85. The maximum absolute atomic E-state index is 14.2. The maximum atomic E-state index is 14.2. The van der Waals surface area contributed by atoms with E-state index in [-0.39, 0.29) is 11.9 Å². The summed E-state index contributed by atoms with van der Waals surface area (Å²) in [7, 11) is 0. The normalized spacial score (nSPS) is 15.8. The highest BCUT2D eigenvalue weighted by molar-refractivity contribution is 7.08. The van der Waals surface area contributed by atoms with Crippen molar-refractivity contribution < 1.29 is 4.39 Å². The topological polar surface area (TPSA) is 21.1 Å². The Balaban J connectivity index is 1.55. The fraction of sp³-hybridized carbons (Fsp3) is 0.316. The molecule has 2 heterocycles. The van der Waals surface area contributed by atoms with Gasteiger partial charge in [-0.3, -0.25) is 9.58 Å². The highest BCUT2D eigenvalue weighted by Crippen LogP contribution is 2.35. The van der Waals surface area contributed by atoms with Crippen LogP contribution in [-0.4, -0.2) is 20.7 Å². The lowest BCUT2D eigenvalue weighted by Crippen LogP contribution is -2.32. The lowest BCUT2D eigenvalue weighted by atomic mass is 10.1. The molecule has 0 amide bonds. The van der Waals surface area contributed by atoms with Crippen LogP contribution in [0.1, 0.15) is 31.4 Å². The number of hydrogen-bond donors (Lipinski definition) is 0. The van der Waals surface area contributed by atoms with E-state index in [4.69, 9.17) is 0 Å². The zero-order chi connectivity index (χ0) is 16.5. The van der Waals surface area contributed by atoms with E-state index in [1.54, 1.807) is 23.5 Å². The Labute approximate surface area is 145 Å². The molecule has 0 radical (unpaired) electrons. The first-order valence-corrected chi connectivity index (χ1v) is 9.23. The number of thiophene rings is 1. The number of halogens is 1. The Morgan fingerprint density at radius 2 is 2.12 bits per heavy atom. The second kappa shape index (κ2) is 6.49. The molecule has 3 aromatic rings. The first-order valence-electron chi connectivity index (χ1n) is 8.28. The minimum Gasteiger partial charge on any atom is -0.274 e. The third-order valence-electron chi connectivity index (χ3n) is 4.63. The zero-order valence-corrected chi connectivity index (χ0v) is 14.4. The van der Waals surface area contributed by atoms with E-state index in [1.807, 2.05) is 29.1 Å². The van der Waals surface area contributed by atoms with Crippen molar-refractivity contribution in [1.29, 1.82) is 0 Å². The fourth-order valence-corrected chi connectivity index (χ4v) is 3.77. The largest absolute Gasteiger partial charge is 0.274 e. The molecule has 1 aromatic carbocycles. The quantitative estimate of drug-likeness (QED) is 0.633. The minimum absolute atomic E-state index is 0.0347. The van der Waals surface area contributed by atoms with Crippen LogP contribution >= 0.6 is 11.3 Å². The van der Waals surface area contributed by atoms with Gasteiger partial charge in [-0.2, -0.15) is 16.4 Å². The van der Waals surface area contributed by atoms with Crippen molar-refractivity contribution in [2.45, 2.75) is 38.5 Å². The van der Waals surface area contributed by atoms with E-state index < -0.39 is 0 Å². The van der Waals surface area contributed by atoms with E-state index in [2.05, 4.69) is 33.7 Å². The van der Waals surface area contributed by atoms with Crippen LogP contribution in [0.2, 0.25) is 0 Å². The van der Waals surface area contributed by atoms with Crippen LogP contribution in [0, 0.1) is 5.82 Å². The van der Waals surface area contributed by atoms with Gasteiger partial charge in [0.15, 0.2) is 0 Å². The number of aromatic nitrogens is 2. The van der Waals surface area contributed by atoms with E-state index in [9.17, 15) is 4.39 Å². The van der Waals surface area contributed by atoms with Crippen LogP contribution in [0.3, 0.4) is 0 Å². The molecule has 1 atom stereocenters. The predicted molar refractivity (Wildman–Crippen MR) is 95.2 cm³/mol. The SMILES string of the molecule is CC(c1ccccc1F)N(Cn1ccc(-c2ccsc2)n1)C1CC1. The standard InChI is InChI=1S/C19H20FN3S/c1-14(17-4-2-3-5-18(17)20)23(16-6-7-16)13-22-10-8-19(21-22)15-9-11-24-12-15/h2-5,8-12,14,16H,6-7,13H2,1H3. The third-order valence-corrected chi connectivity index (χ3v) is 5.32. The van der Waals surface area contributed by atoms with Crippen molar-refractivity contribution in [1.82, 2.24) is 14.7 Å². The molecular formula is C19H20FN3S. The molecule has 1 aliphatic rings. The van der Waals surface area contributed by atoms with Crippen LogP contribution in [0.5, 0.6) is 0 Å². The first kappa shape index (κ1) is 15.5. The minimum atomic E-state index is -0.130. The molecule has 1 saturated carbocycles. The number of hydrogen-bond acceptors (Lipinski definition) is 3. The second-order valence-corrected chi connectivity index (χ2v) is 7.12. The summed E-state index contributed by atoms with van der Waals surface area (Å²) in [6.45, 7) is 2.77. The van der Waals surface area contributed by atoms with Gasteiger partial charge in [-0.15, -0.1) is 0 Å². The van der Waals surface area contributed by atoms with Crippen molar-refractivity contribution in [3.05, 3.63) is 64.7 Å². The van der Waals surface area contributed by atoms with Crippen LogP contribution in [-0.2, 0) is 6.67 Å². The highest BCUT2D eigenvalue weighted by atomic mass is 32.1. The molecule has 0 aliphatic heterocycles. The smallest absolute Gasteiger partial charge is 0.127 e. The van der Waals surface area contributed by atoms with E-state index in [0.717, 1.165) is 16.8 Å². The Morgan fingerprint density at radius 1 is 1.29 bits per heavy atom. The van der Waals surface area contributed by atoms with E-state index >= 15 is 0 Å². The molecule has 1 unspecified atom stereocenters. The van der Waals surface area contributed by atoms with Crippen molar-refractivity contribution in [3.8, 4) is 11.3 Å². The van der Waals surface area contributed by atoms with Gasteiger partial charge in [0, 0.05) is 34.8 Å². The second-order valence-electron chi connectivity index (χ2n) is 6.34. The Bertz CT molecular complexity index is 808. The predicted octanol–water partition coefficient (Wildman–Crippen LogP) is 4.93. The lowest BCUT2D eigenvalue weighted by molar-refractivity contribution is 0.141. The number of benzene rings is 1. The summed E-state index contributed by atoms with van der Waals surface area (Å²) >= 11 is 1.67. The molecule has 3 nitrogen and oxygen atoms in total. The van der Waals surface area contributed by atoms with E-state index in [0.29, 0.717) is 12.7 Å². The van der Waals surface area contributed by atoms with Crippen LogP contribution in [0.25, 0.3) is 11.3 Å². The van der Waals surface area contributed by atoms with Gasteiger partial charge in [-0.1, -0.05) is 18.2 Å². The molecule has 1 fully saturated rings. The van der Waals surface area contributed by atoms with Crippen LogP contribution in [0.4, 0.5) is 4.39 Å².